The first-order valence-electron chi connectivity index (χ1n) is 5.52. The molecule has 1 aromatic heterocycles. The summed E-state index contributed by atoms with van der Waals surface area (Å²) in [6, 6.07) is 5.52. The molecule has 1 aromatic carbocycles. The van der Waals surface area contributed by atoms with Crippen LogP contribution >= 0.6 is 15.9 Å². The highest BCUT2D eigenvalue weighted by atomic mass is 79.9. The molecular formula is C14H10BrNO2. The number of pyridine rings is 1. The Bertz CT molecular complexity index is 680. The summed E-state index contributed by atoms with van der Waals surface area (Å²) < 4.78 is 6.15. The van der Waals surface area contributed by atoms with Gasteiger partial charge in [0.05, 0.1) is 23.9 Å². The van der Waals surface area contributed by atoms with Crippen molar-refractivity contribution in [1.82, 2.24) is 4.98 Å². The minimum atomic E-state index is -0.0104. The highest BCUT2D eigenvalue weighted by molar-refractivity contribution is 9.10. The molecule has 1 heterocycles. The number of benzene rings is 1. The minimum Gasteiger partial charge on any atom is -0.496 e. The lowest BCUT2D eigenvalue weighted by molar-refractivity contribution is 0.104. The van der Waals surface area contributed by atoms with E-state index in [-0.39, 0.29) is 5.78 Å². The van der Waals surface area contributed by atoms with Crippen LogP contribution in [0, 0.1) is 6.92 Å². The molecule has 3 nitrogen and oxygen atoms in total. The Morgan fingerprint density at radius 1 is 1.17 bits per heavy atom. The van der Waals surface area contributed by atoms with Gasteiger partial charge in [0.1, 0.15) is 5.75 Å². The molecule has 0 N–H and O–H groups in total. The lowest BCUT2D eigenvalue weighted by atomic mass is 10.1. The largest absolute Gasteiger partial charge is 0.496 e. The number of rotatable bonds is 1. The normalized spacial score (nSPS) is 12.3. The Labute approximate surface area is 113 Å². The molecule has 0 atom stereocenters. The van der Waals surface area contributed by atoms with E-state index in [4.69, 9.17) is 4.74 Å². The second-order valence-corrected chi connectivity index (χ2v) is 5.03. The number of aryl methyl sites for hydroxylation is 1. The van der Waals surface area contributed by atoms with Gasteiger partial charge in [0.25, 0.3) is 0 Å². The monoisotopic (exact) mass is 303 g/mol. The van der Waals surface area contributed by atoms with Crippen molar-refractivity contribution in [3.8, 4) is 17.0 Å². The highest BCUT2D eigenvalue weighted by Crippen LogP contribution is 2.44. The molecular weight excluding hydrogens is 294 g/mol. The number of methoxy groups -OCH3 is 1. The number of fused-ring (bicyclic) bond motifs is 3. The Morgan fingerprint density at radius 3 is 2.67 bits per heavy atom. The summed E-state index contributed by atoms with van der Waals surface area (Å²) in [5.41, 5.74) is 3.79. The zero-order valence-electron chi connectivity index (χ0n) is 9.95. The van der Waals surface area contributed by atoms with Crippen molar-refractivity contribution in [3.63, 3.8) is 0 Å². The number of nitrogens with zero attached hydrogens (tertiary/aromatic N) is 1. The summed E-state index contributed by atoms with van der Waals surface area (Å²) in [6.45, 7) is 1.92. The first-order valence-corrected chi connectivity index (χ1v) is 6.31. The number of ether oxygens (including phenoxy) is 1. The molecule has 0 radical (unpaired) electrons. The van der Waals surface area contributed by atoms with E-state index in [0.717, 1.165) is 21.3 Å². The van der Waals surface area contributed by atoms with E-state index in [9.17, 15) is 4.79 Å². The molecule has 3 rings (SSSR count). The van der Waals surface area contributed by atoms with Crippen LogP contribution in [0.1, 0.15) is 21.5 Å². The Balaban J connectivity index is 2.43. The number of ketones is 1. The molecule has 0 fully saturated rings. The second kappa shape index (κ2) is 3.92. The summed E-state index contributed by atoms with van der Waals surface area (Å²) in [6.07, 6.45) is 1.72. The summed E-state index contributed by atoms with van der Waals surface area (Å²) in [7, 11) is 1.57. The molecule has 18 heavy (non-hydrogen) atoms. The Morgan fingerprint density at radius 2 is 1.94 bits per heavy atom. The van der Waals surface area contributed by atoms with Gasteiger partial charge in [0.15, 0.2) is 5.78 Å². The molecule has 0 bridgehead atoms. The average molecular weight is 304 g/mol. The topological polar surface area (TPSA) is 39.2 Å². The molecule has 0 aliphatic heterocycles. The lowest BCUT2D eigenvalue weighted by Crippen LogP contribution is -2.01. The fraction of sp³-hybridized carbons (Fsp3) is 0.143. The van der Waals surface area contributed by atoms with Gasteiger partial charge < -0.3 is 4.74 Å². The average Bonchev–Trinajstić information content (AvgIpc) is 2.67. The smallest absolute Gasteiger partial charge is 0.199 e. The predicted molar refractivity (Wildman–Crippen MR) is 72.1 cm³/mol. The van der Waals surface area contributed by atoms with E-state index in [2.05, 4.69) is 20.9 Å². The van der Waals surface area contributed by atoms with Crippen LogP contribution in [-0.4, -0.2) is 17.9 Å². The Hall–Kier alpha value is -1.68. The third-order valence-corrected chi connectivity index (χ3v) is 3.85. The van der Waals surface area contributed by atoms with E-state index in [1.54, 1.807) is 19.4 Å². The van der Waals surface area contributed by atoms with Crippen LogP contribution in [0.4, 0.5) is 0 Å². The van der Waals surface area contributed by atoms with Gasteiger partial charge in [0.2, 0.25) is 0 Å². The van der Waals surface area contributed by atoms with Crippen LogP contribution in [0.2, 0.25) is 0 Å². The number of hydrogen-bond donors (Lipinski definition) is 0. The van der Waals surface area contributed by atoms with Crippen molar-refractivity contribution < 1.29 is 9.53 Å². The number of halogens is 1. The van der Waals surface area contributed by atoms with Crippen LogP contribution in [-0.2, 0) is 0 Å². The summed E-state index contributed by atoms with van der Waals surface area (Å²) >= 11 is 3.48. The van der Waals surface area contributed by atoms with Gasteiger partial charge in [-0.05, 0) is 30.7 Å². The van der Waals surface area contributed by atoms with Crippen molar-refractivity contribution in [3.05, 3.63) is 45.6 Å². The van der Waals surface area contributed by atoms with E-state index in [1.165, 1.54) is 0 Å². The number of carbonyl (C=O) groups excluding carboxylic acids is 1. The summed E-state index contributed by atoms with van der Waals surface area (Å²) in [5.74, 6) is 0.583. The number of carbonyl (C=O) groups is 1. The quantitative estimate of drug-likeness (QED) is 0.692. The van der Waals surface area contributed by atoms with E-state index < -0.39 is 0 Å². The SMILES string of the molecule is COc1ccc(Br)c2c1C(=O)c1c(C)ccnc1-2. The van der Waals surface area contributed by atoms with Crippen molar-refractivity contribution in [2.24, 2.45) is 0 Å². The van der Waals surface area contributed by atoms with Crippen molar-refractivity contribution in [1.29, 1.82) is 0 Å². The van der Waals surface area contributed by atoms with Crippen molar-refractivity contribution in [2.45, 2.75) is 6.92 Å². The predicted octanol–water partition coefficient (Wildman–Crippen LogP) is 3.37. The number of aromatic nitrogens is 1. The molecule has 0 amide bonds. The fourth-order valence-corrected chi connectivity index (χ4v) is 2.86. The van der Waals surface area contributed by atoms with Gasteiger partial charge in [-0.2, -0.15) is 0 Å². The van der Waals surface area contributed by atoms with Gasteiger partial charge >= 0.3 is 0 Å². The van der Waals surface area contributed by atoms with Crippen molar-refractivity contribution >= 4 is 21.7 Å². The Kier molecular flexibility index (Phi) is 2.48. The molecule has 0 unspecified atom stereocenters. The molecule has 1 aliphatic carbocycles. The third-order valence-electron chi connectivity index (χ3n) is 3.19. The molecule has 2 aromatic rings. The third kappa shape index (κ3) is 1.35. The molecule has 0 saturated carbocycles. The van der Waals surface area contributed by atoms with Gasteiger partial charge in [-0.25, -0.2) is 0 Å². The number of hydrogen-bond acceptors (Lipinski definition) is 3. The van der Waals surface area contributed by atoms with Gasteiger partial charge in [-0.1, -0.05) is 15.9 Å². The lowest BCUT2D eigenvalue weighted by Gasteiger charge is -2.07. The van der Waals surface area contributed by atoms with Gasteiger partial charge in [-0.15, -0.1) is 0 Å². The minimum absolute atomic E-state index is 0.0104. The first-order chi connectivity index (χ1) is 8.65. The van der Waals surface area contributed by atoms with Crippen LogP contribution < -0.4 is 4.74 Å². The maximum atomic E-state index is 12.5. The standard InChI is InChI=1S/C14H10BrNO2/c1-7-5-6-16-13-10(7)14(17)12-9(18-2)4-3-8(15)11(12)13/h3-6H,1-2H3. The van der Waals surface area contributed by atoms with E-state index in [1.807, 2.05) is 19.1 Å². The van der Waals surface area contributed by atoms with E-state index >= 15 is 0 Å². The molecule has 1 aliphatic rings. The maximum Gasteiger partial charge on any atom is 0.199 e. The van der Waals surface area contributed by atoms with Crippen molar-refractivity contribution in [2.75, 3.05) is 7.11 Å². The van der Waals surface area contributed by atoms with Gasteiger partial charge in [0, 0.05) is 16.2 Å². The van der Waals surface area contributed by atoms with Crippen LogP contribution in [0.25, 0.3) is 11.3 Å². The molecule has 0 saturated heterocycles. The van der Waals surface area contributed by atoms with E-state index in [0.29, 0.717) is 16.9 Å². The zero-order chi connectivity index (χ0) is 12.9. The maximum absolute atomic E-state index is 12.5. The fourth-order valence-electron chi connectivity index (χ4n) is 2.34. The summed E-state index contributed by atoms with van der Waals surface area (Å²) in [4.78, 5) is 16.8. The zero-order valence-corrected chi connectivity index (χ0v) is 11.5. The molecule has 90 valence electrons. The first kappa shape index (κ1) is 11.4. The second-order valence-electron chi connectivity index (χ2n) is 4.18. The molecule has 0 spiro atoms. The van der Waals surface area contributed by atoms with Crippen LogP contribution in [0.15, 0.2) is 28.9 Å². The van der Waals surface area contributed by atoms with Gasteiger partial charge in [-0.3, -0.25) is 9.78 Å². The van der Waals surface area contributed by atoms with Crippen LogP contribution in [0.5, 0.6) is 5.75 Å². The molecule has 4 heteroatoms. The highest BCUT2D eigenvalue weighted by Gasteiger charge is 2.33. The summed E-state index contributed by atoms with van der Waals surface area (Å²) in [5, 5.41) is 0. The van der Waals surface area contributed by atoms with Crippen LogP contribution in [0.3, 0.4) is 0 Å².